The van der Waals surface area contributed by atoms with Crippen molar-refractivity contribution >= 4 is 5.91 Å². The number of carbonyl (C=O) groups is 1. The van der Waals surface area contributed by atoms with Crippen molar-refractivity contribution in [2.75, 3.05) is 26.2 Å². The second kappa shape index (κ2) is 7.97. The van der Waals surface area contributed by atoms with E-state index in [1.807, 2.05) is 43.0 Å². The van der Waals surface area contributed by atoms with Crippen LogP contribution in [0.25, 0.3) is 0 Å². The Balaban J connectivity index is 1.57. The zero-order chi connectivity index (χ0) is 18.7. The molecule has 1 aliphatic heterocycles. The Labute approximate surface area is 154 Å². The molecule has 0 bridgehead atoms. The van der Waals surface area contributed by atoms with E-state index in [9.17, 15) is 4.79 Å². The first-order valence-electron chi connectivity index (χ1n) is 9.17. The van der Waals surface area contributed by atoms with Gasteiger partial charge in [-0.2, -0.15) is 4.98 Å². The summed E-state index contributed by atoms with van der Waals surface area (Å²) in [6.45, 7) is 8.90. The van der Waals surface area contributed by atoms with Crippen LogP contribution in [0.5, 0.6) is 0 Å². The number of carbonyl (C=O) groups excluding carboxylic acids is 1. The van der Waals surface area contributed by atoms with E-state index in [1.54, 1.807) is 0 Å². The zero-order valence-electron chi connectivity index (χ0n) is 15.7. The molecule has 1 amide bonds. The monoisotopic (exact) mass is 357 g/mol. The van der Waals surface area contributed by atoms with Crippen LogP contribution < -0.4 is 5.73 Å². The molecule has 1 aromatic heterocycles. The third-order valence-electron chi connectivity index (χ3n) is 5.03. The van der Waals surface area contributed by atoms with Gasteiger partial charge >= 0.3 is 0 Å². The lowest BCUT2D eigenvalue weighted by Crippen LogP contribution is -2.51. The summed E-state index contributed by atoms with van der Waals surface area (Å²) in [5.41, 5.74) is 8.20. The van der Waals surface area contributed by atoms with Gasteiger partial charge in [-0.3, -0.25) is 9.69 Å². The maximum Gasteiger partial charge on any atom is 0.244 e. The Morgan fingerprint density at radius 1 is 1.23 bits per heavy atom. The minimum atomic E-state index is -0.609. The smallest absolute Gasteiger partial charge is 0.244 e. The summed E-state index contributed by atoms with van der Waals surface area (Å²) >= 11 is 0. The molecule has 2 atom stereocenters. The number of amides is 1. The van der Waals surface area contributed by atoms with Gasteiger partial charge in [-0.15, -0.1) is 0 Å². The summed E-state index contributed by atoms with van der Waals surface area (Å²) in [6.07, 6.45) is 0.759. The number of rotatable bonds is 5. The van der Waals surface area contributed by atoms with Gasteiger partial charge in [0.25, 0.3) is 0 Å². The Morgan fingerprint density at radius 2 is 1.88 bits per heavy atom. The number of hydrogen-bond acceptors (Lipinski definition) is 6. The van der Waals surface area contributed by atoms with E-state index in [4.69, 9.17) is 10.3 Å². The molecule has 1 saturated heterocycles. The van der Waals surface area contributed by atoms with E-state index >= 15 is 0 Å². The number of piperazine rings is 1. The molecule has 1 aromatic carbocycles. The lowest BCUT2D eigenvalue weighted by atomic mass is 10.0. The fourth-order valence-electron chi connectivity index (χ4n) is 3.18. The molecule has 2 N–H and O–H groups in total. The van der Waals surface area contributed by atoms with Gasteiger partial charge in [0.05, 0.1) is 6.04 Å². The van der Waals surface area contributed by atoms with E-state index in [0.29, 0.717) is 19.0 Å². The molecular weight excluding hydrogens is 330 g/mol. The molecule has 3 rings (SSSR count). The SMILES string of the molecule is CCc1noc(C(C)N2CCN(C(=O)C(N)c3ccc(C)cc3)CC2)n1. The van der Waals surface area contributed by atoms with Crippen LogP contribution in [0, 0.1) is 6.92 Å². The average Bonchev–Trinajstić information content (AvgIpc) is 3.16. The molecule has 7 nitrogen and oxygen atoms in total. The molecule has 140 valence electrons. The number of hydrogen-bond donors (Lipinski definition) is 1. The second-order valence-electron chi connectivity index (χ2n) is 6.83. The van der Waals surface area contributed by atoms with Crippen LogP contribution >= 0.6 is 0 Å². The van der Waals surface area contributed by atoms with Gasteiger partial charge in [0, 0.05) is 32.6 Å². The van der Waals surface area contributed by atoms with Crippen LogP contribution in [0.1, 0.15) is 48.8 Å². The summed E-state index contributed by atoms with van der Waals surface area (Å²) in [4.78, 5) is 21.2. The molecule has 1 fully saturated rings. The molecular formula is C19H27N5O2. The summed E-state index contributed by atoms with van der Waals surface area (Å²) in [7, 11) is 0. The van der Waals surface area contributed by atoms with Crippen molar-refractivity contribution in [1.82, 2.24) is 19.9 Å². The third kappa shape index (κ3) is 3.94. The number of benzene rings is 1. The Morgan fingerprint density at radius 3 is 2.46 bits per heavy atom. The highest BCUT2D eigenvalue weighted by atomic mass is 16.5. The molecule has 2 unspecified atom stereocenters. The van der Waals surface area contributed by atoms with Crippen LogP contribution in [0.15, 0.2) is 28.8 Å². The minimum absolute atomic E-state index is 0.0211. The Bertz CT molecular complexity index is 735. The highest BCUT2D eigenvalue weighted by Crippen LogP contribution is 2.22. The Hall–Kier alpha value is -2.25. The van der Waals surface area contributed by atoms with Crippen molar-refractivity contribution in [1.29, 1.82) is 0 Å². The van der Waals surface area contributed by atoms with Gasteiger partial charge in [-0.1, -0.05) is 41.9 Å². The van der Waals surface area contributed by atoms with Gasteiger partial charge in [0.1, 0.15) is 6.04 Å². The lowest BCUT2D eigenvalue weighted by Gasteiger charge is -2.37. The number of nitrogens with zero attached hydrogens (tertiary/aromatic N) is 4. The van der Waals surface area contributed by atoms with Crippen LogP contribution in [-0.2, 0) is 11.2 Å². The third-order valence-corrected chi connectivity index (χ3v) is 5.03. The number of aryl methyl sites for hydroxylation is 2. The van der Waals surface area contributed by atoms with Crippen molar-refractivity contribution in [3.63, 3.8) is 0 Å². The topological polar surface area (TPSA) is 88.5 Å². The van der Waals surface area contributed by atoms with Gasteiger partial charge in [-0.25, -0.2) is 0 Å². The quantitative estimate of drug-likeness (QED) is 0.878. The molecule has 0 saturated carbocycles. The van der Waals surface area contributed by atoms with Crippen molar-refractivity contribution in [2.45, 2.75) is 39.3 Å². The van der Waals surface area contributed by atoms with Crippen molar-refractivity contribution in [3.8, 4) is 0 Å². The van der Waals surface area contributed by atoms with Crippen LogP contribution in [0.2, 0.25) is 0 Å². The van der Waals surface area contributed by atoms with Gasteiger partial charge < -0.3 is 15.2 Å². The molecule has 0 spiro atoms. The predicted octanol–water partition coefficient (Wildman–Crippen LogP) is 1.85. The molecule has 26 heavy (non-hydrogen) atoms. The summed E-state index contributed by atoms with van der Waals surface area (Å²) in [5.74, 6) is 1.34. The fourth-order valence-corrected chi connectivity index (χ4v) is 3.18. The van der Waals surface area contributed by atoms with Gasteiger partial charge in [0.2, 0.25) is 11.8 Å². The second-order valence-corrected chi connectivity index (χ2v) is 6.83. The van der Waals surface area contributed by atoms with Crippen LogP contribution in [0.4, 0.5) is 0 Å². The normalized spacial score (nSPS) is 17.9. The molecule has 0 radical (unpaired) electrons. The van der Waals surface area contributed by atoms with Gasteiger partial charge in [0.15, 0.2) is 5.82 Å². The maximum absolute atomic E-state index is 12.7. The standard InChI is InChI=1S/C19H27N5O2/c1-4-16-21-18(26-22-16)14(3)23-9-11-24(12-10-23)19(25)17(20)15-7-5-13(2)6-8-15/h5-8,14,17H,4,9-12,20H2,1-3H3. The fraction of sp³-hybridized carbons (Fsp3) is 0.526. The number of aromatic nitrogens is 2. The van der Waals surface area contributed by atoms with E-state index in [-0.39, 0.29) is 11.9 Å². The first kappa shape index (κ1) is 18.5. The summed E-state index contributed by atoms with van der Waals surface area (Å²) < 4.78 is 5.35. The van der Waals surface area contributed by atoms with E-state index in [2.05, 4.69) is 22.0 Å². The molecule has 2 heterocycles. The first-order chi connectivity index (χ1) is 12.5. The molecule has 0 aliphatic carbocycles. The maximum atomic E-state index is 12.7. The summed E-state index contributed by atoms with van der Waals surface area (Å²) in [6, 6.07) is 7.26. The average molecular weight is 357 g/mol. The largest absolute Gasteiger partial charge is 0.338 e. The Kier molecular flexibility index (Phi) is 5.68. The summed E-state index contributed by atoms with van der Waals surface area (Å²) in [5, 5.41) is 3.96. The molecule has 7 heteroatoms. The highest BCUT2D eigenvalue weighted by molar-refractivity contribution is 5.83. The molecule has 1 aliphatic rings. The van der Waals surface area contributed by atoms with E-state index in [0.717, 1.165) is 36.5 Å². The highest BCUT2D eigenvalue weighted by Gasteiger charge is 2.29. The van der Waals surface area contributed by atoms with Crippen molar-refractivity contribution in [3.05, 3.63) is 47.1 Å². The molecule has 2 aromatic rings. The zero-order valence-corrected chi connectivity index (χ0v) is 15.7. The lowest BCUT2D eigenvalue weighted by molar-refractivity contribution is -0.134. The van der Waals surface area contributed by atoms with Crippen molar-refractivity contribution in [2.24, 2.45) is 5.73 Å². The van der Waals surface area contributed by atoms with Crippen LogP contribution in [0.3, 0.4) is 0 Å². The van der Waals surface area contributed by atoms with Crippen LogP contribution in [-0.4, -0.2) is 52.0 Å². The van der Waals surface area contributed by atoms with Gasteiger partial charge in [-0.05, 0) is 19.4 Å². The van der Waals surface area contributed by atoms with E-state index < -0.39 is 6.04 Å². The van der Waals surface area contributed by atoms with E-state index in [1.165, 1.54) is 0 Å². The minimum Gasteiger partial charge on any atom is -0.338 e. The number of nitrogens with two attached hydrogens (primary N) is 1. The predicted molar refractivity (Wildman–Crippen MR) is 98.4 cm³/mol. The van der Waals surface area contributed by atoms with Crippen molar-refractivity contribution < 1.29 is 9.32 Å². The first-order valence-corrected chi connectivity index (χ1v) is 9.17.